The molecule has 5 nitrogen and oxygen atoms in total. The highest BCUT2D eigenvalue weighted by Crippen LogP contribution is 2.40. The Hall–Kier alpha value is -3.11. The largest absolute Gasteiger partial charge is 0.251 e. The van der Waals surface area contributed by atoms with Crippen molar-refractivity contribution in [1.29, 1.82) is 0 Å². The Labute approximate surface area is 228 Å². The first kappa shape index (κ1) is 24.6. The maximum absolute atomic E-state index is 4.90. The summed E-state index contributed by atoms with van der Waals surface area (Å²) in [6.07, 6.45) is 1.58. The summed E-state index contributed by atoms with van der Waals surface area (Å²) in [5, 5.41) is 0. The predicted octanol–water partition coefficient (Wildman–Crippen LogP) is 8.31. The highest BCUT2D eigenvalue weighted by Gasteiger charge is 2.20. The van der Waals surface area contributed by atoms with Gasteiger partial charge in [0.05, 0.1) is 0 Å². The zero-order chi connectivity index (χ0) is 24.4. The van der Waals surface area contributed by atoms with Crippen molar-refractivity contribution in [2.45, 2.75) is 19.6 Å². The minimum atomic E-state index is 0.565. The Morgan fingerprint density at radius 2 is 0.667 bits per heavy atom. The van der Waals surface area contributed by atoms with Crippen molar-refractivity contribution in [3.05, 3.63) is 128 Å². The molecule has 0 saturated carbocycles. The number of aromatic nitrogens is 3. The van der Waals surface area contributed by atoms with E-state index in [9.17, 15) is 0 Å². The summed E-state index contributed by atoms with van der Waals surface area (Å²) in [5.74, 6) is 1.13. The van der Waals surface area contributed by atoms with Gasteiger partial charge in [0.25, 0.3) is 11.9 Å². The maximum Gasteiger partial charge on any atom is 0.251 e. The fourth-order valence-electron chi connectivity index (χ4n) is 2.96. The SMILES string of the molecule is c1ccc(SN(Sc2ccccc2)c2ncnc(N(Sc3ccccc3)Sc3ccccc3)n2)cc1. The van der Waals surface area contributed by atoms with E-state index in [1.54, 1.807) is 54.1 Å². The number of hydrogen-bond donors (Lipinski definition) is 0. The van der Waals surface area contributed by atoms with Crippen LogP contribution in [0.25, 0.3) is 0 Å². The minimum absolute atomic E-state index is 0.565. The van der Waals surface area contributed by atoms with Gasteiger partial charge in [-0.2, -0.15) is 15.0 Å². The van der Waals surface area contributed by atoms with Crippen LogP contribution >= 0.6 is 47.8 Å². The molecule has 5 rings (SSSR count). The standard InChI is InChI=1S/C27H21N5S4/c1-5-13-22(14-6-1)33-31(34-23-15-7-2-8-16-23)26-28-21-29-27(30-26)32(35-24-17-9-3-10-18-24)36-25-19-11-4-12-20-25/h1-21H. The van der Waals surface area contributed by atoms with E-state index in [1.165, 1.54) is 0 Å². The molecule has 0 spiro atoms. The predicted molar refractivity (Wildman–Crippen MR) is 154 cm³/mol. The van der Waals surface area contributed by atoms with Crippen molar-refractivity contribution in [3.63, 3.8) is 0 Å². The molecule has 0 atom stereocenters. The zero-order valence-corrected chi connectivity index (χ0v) is 22.3. The van der Waals surface area contributed by atoms with Crippen LogP contribution in [0.2, 0.25) is 0 Å². The first-order valence-electron chi connectivity index (χ1n) is 11.0. The molecule has 5 aromatic rings. The lowest BCUT2D eigenvalue weighted by atomic mass is 10.4. The Kier molecular flexibility index (Phi) is 8.69. The molecular weight excluding hydrogens is 523 g/mol. The van der Waals surface area contributed by atoms with Crippen LogP contribution in [0.3, 0.4) is 0 Å². The lowest BCUT2D eigenvalue weighted by molar-refractivity contribution is 1.05. The van der Waals surface area contributed by atoms with Gasteiger partial charge in [0, 0.05) is 67.4 Å². The van der Waals surface area contributed by atoms with E-state index in [1.807, 2.05) is 80.2 Å². The monoisotopic (exact) mass is 543 g/mol. The quantitative estimate of drug-likeness (QED) is 0.162. The third-order valence-corrected chi connectivity index (χ3v) is 8.74. The molecule has 0 aliphatic rings. The molecule has 0 saturated heterocycles. The Morgan fingerprint density at radius 3 is 0.944 bits per heavy atom. The van der Waals surface area contributed by atoms with E-state index < -0.39 is 0 Å². The normalized spacial score (nSPS) is 10.7. The number of rotatable bonds is 10. The molecule has 4 aromatic carbocycles. The Balaban J connectivity index is 1.47. The van der Waals surface area contributed by atoms with Crippen molar-refractivity contribution in [3.8, 4) is 0 Å². The summed E-state index contributed by atoms with van der Waals surface area (Å²) in [5.41, 5.74) is 0. The van der Waals surface area contributed by atoms with E-state index in [4.69, 9.17) is 4.98 Å². The molecule has 178 valence electrons. The van der Waals surface area contributed by atoms with Crippen molar-refractivity contribution in [1.82, 2.24) is 15.0 Å². The molecule has 1 heterocycles. The van der Waals surface area contributed by atoms with Crippen LogP contribution < -0.4 is 7.42 Å². The van der Waals surface area contributed by atoms with Gasteiger partial charge >= 0.3 is 0 Å². The lowest BCUT2D eigenvalue weighted by Gasteiger charge is -2.23. The fourth-order valence-corrected chi connectivity index (χ4v) is 6.85. The molecule has 0 aliphatic carbocycles. The summed E-state index contributed by atoms with van der Waals surface area (Å²) >= 11 is 6.31. The summed E-state index contributed by atoms with van der Waals surface area (Å²) in [6.45, 7) is 0. The summed E-state index contributed by atoms with van der Waals surface area (Å²) < 4.78 is 4.04. The van der Waals surface area contributed by atoms with E-state index in [0.29, 0.717) is 11.9 Å². The second kappa shape index (κ2) is 12.7. The fraction of sp³-hybridized carbons (Fsp3) is 0. The van der Waals surface area contributed by atoms with Gasteiger partial charge in [-0.3, -0.25) is 0 Å². The van der Waals surface area contributed by atoms with Crippen LogP contribution in [-0.2, 0) is 0 Å². The van der Waals surface area contributed by atoms with Gasteiger partial charge in [0.2, 0.25) is 0 Å². The van der Waals surface area contributed by atoms with E-state index in [0.717, 1.165) is 19.6 Å². The maximum atomic E-state index is 4.90. The third kappa shape index (κ3) is 6.98. The highest BCUT2D eigenvalue weighted by atomic mass is 32.2. The van der Waals surface area contributed by atoms with Crippen LogP contribution in [0.4, 0.5) is 11.9 Å². The minimum Gasteiger partial charge on any atom is -0.215 e. The number of hydrogen-bond acceptors (Lipinski definition) is 9. The molecule has 0 amide bonds. The van der Waals surface area contributed by atoms with Gasteiger partial charge in [-0.15, -0.1) is 0 Å². The number of benzene rings is 4. The van der Waals surface area contributed by atoms with Crippen molar-refractivity contribution in [2.75, 3.05) is 7.42 Å². The average molecular weight is 544 g/mol. The van der Waals surface area contributed by atoms with Crippen LogP contribution in [0.15, 0.2) is 147 Å². The molecule has 9 heteroatoms. The lowest BCUT2D eigenvalue weighted by Crippen LogP contribution is -2.13. The summed E-state index contributed by atoms with van der Waals surface area (Å²) in [7, 11) is 0. The second-order valence-corrected chi connectivity index (χ2v) is 11.8. The molecule has 0 radical (unpaired) electrons. The first-order valence-corrected chi connectivity index (χ1v) is 14.1. The highest BCUT2D eigenvalue weighted by molar-refractivity contribution is 8.18. The smallest absolute Gasteiger partial charge is 0.215 e. The van der Waals surface area contributed by atoms with Gasteiger partial charge in [-0.05, 0) is 48.5 Å². The Morgan fingerprint density at radius 1 is 0.389 bits per heavy atom. The van der Waals surface area contributed by atoms with Crippen LogP contribution in [0.5, 0.6) is 0 Å². The van der Waals surface area contributed by atoms with Crippen LogP contribution in [0, 0.1) is 0 Å². The van der Waals surface area contributed by atoms with Gasteiger partial charge < -0.3 is 0 Å². The topological polar surface area (TPSA) is 45.2 Å². The molecule has 0 fully saturated rings. The summed E-state index contributed by atoms with van der Waals surface area (Å²) in [6, 6.07) is 40.9. The van der Waals surface area contributed by atoms with Gasteiger partial charge in [0.15, 0.2) is 0 Å². The molecular formula is C27H21N5S4. The molecule has 36 heavy (non-hydrogen) atoms. The molecule has 0 aliphatic heterocycles. The average Bonchev–Trinajstić information content (AvgIpc) is 2.95. The van der Waals surface area contributed by atoms with Crippen molar-refractivity contribution < 1.29 is 0 Å². The first-order chi connectivity index (χ1) is 17.8. The number of nitrogens with zero attached hydrogens (tertiary/aromatic N) is 5. The molecule has 0 bridgehead atoms. The van der Waals surface area contributed by atoms with Crippen molar-refractivity contribution in [2.24, 2.45) is 0 Å². The van der Waals surface area contributed by atoms with E-state index in [-0.39, 0.29) is 0 Å². The van der Waals surface area contributed by atoms with Crippen LogP contribution in [0.1, 0.15) is 0 Å². The van der Waals surface area contributed by atoms with Crippen molar-refractivity contribution >= 4 is 59.7 Å². The van der Waals surface area contributed by atoms with Gasteiger partial charge in [0.1, 0.15) is 6.33 Å². The van der Waals surface area contributed by atoms with Gasteiger partial charge in [-0.25, -0.2) is 7.42 Å². The second-order valence-electron chi connectivity index (χ2n) is 7.22. The Bertz CT molecular complexity index is 1160. The third-order valence-electron chi connectivity index (χ3n) is 4.60. The molecule has 1 aromatic heterocycles. The van der Waals surface area contributed by atoms with E-state index in [2.05, 4.69) is 58.5 Å². The van der Waals surface area contributed by atoms with Crippen LogP contribution in [-0.4, -0.2) is 15.0 Å². The summed E-state index contributed by atoms with van der Waals surface area (Å²) in [4.78, 5) is 18.4. The molecule has 0 unspecified atom stereocenters. The zero-order valence-electron chi connectivity index (χ0n) is 19.0. The van der Waals surface area contributed by atoms with E-state index >= 15 is 0 Å². The number of anilines is 2. The molecule has 0 N–H and O–H groups in total. The van der Waals surface area contributed by atoms with Gasteiger partial charge in [-0.1, -0.05) is 72.8 Å².